The van der Waals surface area contributed by atoms with Gasteiger partial charge in [0.15, 0.2) is 0 Å². The molecule has 0 bridgehead atoms. The largest absolute Gasteiger partial charge is 0.388 e. The molecule has 4 aromatic carbocycles. The minimum atomic E-state index is -0.0624. The van der Waals surface area contributed by atoms with E-state index in [0.717, 1.165) is 33.2 Å². The molecule has 1 atom stereocenters. The van der Waals surface area contributed by atoms with E-state index in [1.807, 2.05) is 68.7 Å². The van der Waals surface area contributed by atoms with Crippen molar-refractivity contribution in [1.29, 1.82) is 0 Å². The van der Waals surface area contributed by atoms with Crippen LogP contribution in [0.5, 0.6) is 0 Å². The van der Waals surface area contributed by atoms with Gasteiger partial charge >= 0.3 is 0 Å². The Bertz CT molecular complexity index is 1220. The molecule has 0 aromatic heterocycles. The highest BCUT2D eigenvalue weighted by molar-refractivity contribution is 6.30. The van der Waals surface area contributed by atoms with E-state index >= 15 is 0 Å². The maximum atomic E-state index is 13.2. The van der Waals surface area contributed by atoms with Gasteiger partial charge in [0, 0.05) is 30.4 Å². The Morgan fingerprint density at radius 2 is 1.55 bits per heavy atom. The van der Waals surface area contributed by atoms with Crippen molar-refractivity contribution in [1.82, 2.24) is 4.90 Å². The molecule has 3 nitrogen and oxygen atoms in total. The van der Waals surface area contributed by atoms with Crippen LogP contribution in [0.3, 0.4) is 0 Å². The van der Waals surface area contributed by atoms with Crippen LogP contribution in [-0.4, -0.2) is 24.9 Å². The number of benzene rings is 4. The maximum absolute atomic E-state index is 13.2. The molecule has 0 fully saturated rings. The van der Waals surface area contributed by atoms with Crippen LogP contribution in [0.15, 0.2) is 84.9 Å². The second kappa shape index (κ2) is 8.83. The van der Waals surface area contributed by atoms with Gasteiger partial charge in [-0.3, -0.25) is 4.79 Å². The molecule has 31 heavy (non-hydrogen) atoms. The van der Waals surface area contributed by atoms with Crippen LogP contribution >= 0.6 is 11.6 Å². The Labute approximate surface area is 188 Å². The molecule has 0 saturated carbocycles. The fourth-order valence-electron chi connectivity index (χ4n) is 3.86. The molecule has 0 saturated heterocycles. The number of hydrogen-bond acceptors (Lipinski definition) is 2. The summed E-state index contributed by atoms with van der Waals surface area (Å²) in [4.78, 5) is 15.0. The quantitative estimate of drug-likeness (QED) is 0.370. The molecule has 156 valence electrons. The lowest BCUT2D eigenvalue weighted by Crippen LogP contribution is -2.29. The van der Waals surface area contributed by atoms with E-state index in [1.165, 1.54) is 0 Å². The number of carbonyl (C=O) groups excluding carboxylic acids is 1. The second-order valence-electron chi connectivity index (χ2n) is 7.71. The Hall–Kier alpha value is -3.30. The van der Waals surface area contributed by atoms with E-state index in [1.54, 1.807) is 4.90 Å². The molecule has 0 aliphatic rings. The van der Waals surface area contributed by atoms with Crippen molar-refractivity contribution in [2.75, 3.05) is 19.4 Å². The number of hydrogen-bond donors (Lipinski definition) is 1. The zero-order valence-electron chi connectivity index (χ0n) is 17.9. The molecule has 0 spiro atoms. The SMILES string of the molecule is CNc1ccc2c(C(C)N(C)C(=O)c3ccc(-c4ccc(Cl)cc4)cc3)cccc2c1. The van der Waals surface area contributed by atoms with Gasteiger partial charge in [-0.25, -0.2) is 0 Å². The Balaban J connectivity index is 1.58. The van der Waals surface area contributed by atoms with Gasteiger partial charge < -0.3 is 10.2 Å². The lowest BCUT2D eigenvalue weighted by Gasteiger charge is -2.27. The lowest BCUT2D eigenvalue weighted by atomic mass is 9.97. The predicted octanol–water partition coefficient (Wildman–Crippen LogP) is 7.04. The Morgan fingerprint density at radius 3 is 2.19 bits per heavy atom. The van der Waals surface area contributed by atoms with E-state index in [2.05, 4.69) is 42.6 Å². The lowest BCUT2D eigenvalue weighted by molar-refractivity contribution is 0.0743. The number of carbonyl (C=O) groups is 1. The third-order valence-electron chi connectivity index (χ3n) is 5.86. The number of fused-ring (bicyclic) bond motifs is 1. The number of rotatable bonds is 5. The van der Waals surface area contributed by atoms with Gasteiger partial charge in [0.1, 0.15) is 0 Å². The third-order valence-corrected chi connectivity index (χ3v) is 6.12. The number of amides is 1. The van der Waals surface area contributed by atoms with E-state index in [4.69, 9.17) is 11.6 Å². The van der Waals surface area contributed by atoms with Crippen molar-refractivity contribution >= 4 is 34.0 Å². The molecule has 0 aliphatic carbocycles. The van der Waals surface area contributed by atoms with Crippen LogP contribution in [-0.2, 0) is 0 Å². The van der Waals surface area contributed by atoms with E-state index in [-0.39, 0.29) is 11.9 Å². The van der Waals surface area contributed by atoms with Crippen LogP contribution in [0.2, 0.25) is 5.02 Å². The summed E-state index contributed by atoms with van der Waals surface area (Å²) >= 11 is 5.98. The first-order valence-corrected chi connectivity index (χ1v) is 10.7. The van der Waals surface area contributed by atoms with Crippen LogP contribution < -0.4 is 5.32 Å². The van der Waals surface area contributed by atoms with Crippen molar-refractivity contribution in [2.24, 2.45) is 0 Å². The molecule has 4 heteroatoms. The minimum absolute atomic E-state index is 0.000922. The molecule has 4 aromatic rings. The van der Waals surface area contributed by atoms with Gasteiger partial charge in [0.05, 0.1) is 6.04 Å². The molecule has 1 unspecified atom stereocenters. The molecule has 0 radical (unpaired) electrons. The topological polar surface area (TPSA) is 32.3 Å². The summed E-state index contributed by atoms with van der Waals surface area (Å²) in [6, 6.07) is 27.9. The van der Waals surface area contributed by atoms with E-state index in [9.17, 15) is 4.79 Å². The fraction of sp³-hybridized carbons (Fsp3) is 0.148. The van der Waals surface area contributed by atoms with Crippen LogP contribution in [0.4, 0.5) is 5.69 Å². The first-order chi connectivity index (χ1) is 15.0. The smallest absolute Gasteiger partial charge is 0.254 e. The zero-order chi connectivity index (χ0) is 22.0. The van der Waals surface area contributed by atoms with Gasteiger partial charge in [-0.05, 0) is 70.8 Å². The Kier molecular flexibility index (Phi) is 5.97. The van der Waals surface area contributed by atoms with Gasteiger partial charge in [-0.1, -0.05) is 60.1 Å². The normalized spacial score (nSPS) is 11.9. The summed E-state index contributed by atoms with van der Waals surface area (Å²) in [6.45, 7) is 2.07. The number of nitrogens with one attached hydrogen (secondary N) is 1. The van der Waals surface area contributed by atoms with E-state index in [0.29, 0.717) is 10.6 Å². The van der Waals surface area contributed by atoms with Gasteiger partial charge in [0.25, 0.3) is 5.91 Å². The third kappa shape index (κ3) is 4.28. The summed E-state index contributed by atoms with van der Waals surface area (Å²) in [7, 11) is 3.78. The molecule has 1 N–H and O–H groups in total. The van der Waals surface area contributed by atoms with Crippen molar-refractivity contribution < 1.29 is 4.79 Å². The first kappa shape index (κ1) is 21.0. The second-order valence-corrected chi connectivity index (χ2v) is 8.15. The summed E-state index contributed by atoms with van der Waals surface area (Å²) < 4.78 is 0. The summed E-state index contributed by atoms with van der Waals surface area (Å²) in [5.41, 5.74) is 5.00. The predicted molar refractivity (Wildman–Crippen MR) is 131 cm³/mol. The first-order valence-electron chi connectivity index (χ1n) is 10.3. The van der Waals surface area contributed by atoms with Gasteiger partial charge in [-0.15, -0.1) is 0 Å². The molecule has 0 aliphatic heterocycles. The highest BCUT2D eigenvalue weighted by Crippen LogP contribution is 2.30. The Morgan fingerprint density at radius 1 is 0.903 bits per heavy atom. The highest BCUT2D eigenvalue weighted by Gasteiger charge is 2.20. The minimum Gasteiger partial charge on any atom is -0.388 e. The average molecular weight is 429 g/mol. The molecular weight excluding hydrogens is 404 g/mol. The van der Waals surface area contributed by atoms with Crippen molar-refractivity contribution in [2.45, 2.75) is 13.0 Å². The monoisotopic (exact) mass is 428 g/mol. The van der Waals surface area contributed by atoms with Gasteiger partial charge in [-0.2, -0.15) is 0 Å². The fourth-order valence-corrected chi connectivity index (χ4v) is 3.99. The number of nitrogens with zero attached hydrogens (tertiary/aromatic N) is 1. The molecule has 1 amide bonds. The molecular formula is C27H25ClN2O. The zero-order valence-corrected chi connectivity index (χ0v) is 18.6. The summed E-state index contributed by atoms with van der Waals surface area (Å²) in [5, 5.41) is 6.20. The average Bonchev–Trinajstić information content (AvgIpc) is 2.82. The number of halogens is 1. The number of anilines is 1. The maximum Gasteiger partial charge on any atom is 0.254 e. The summed E-state index contributed by atoms with van der Waals surface area (Å²) in [5.74, 6) is -0.000922. The molecule has 4 rings (SSSR count). The highest BCUT2D eigenvalue weighted by atomic mass is 35.5. The van der Waals surface area contributed by atoms with Crippen LogP contribution in [0, 0.1) is 0 Å². The van der Waals surface area contributed by atoms with Crippen molar-refractivity contribution in [3.63, 3.8) is 0 Å². The summed E-state index contributed by atoms with van der Waals surface area (Å²) in [6.07, 6.45) is 0. The van der Waals surface area contributed by atoms with E-state index < -0.39 is 0 Å². The van der Waals surface area contributed by atoms with Crippen molar-refractivity contribution in [3.8, 4) is 11.1 Å². The van der Waals surface area contributed by atoms with Crippen LogP contribution in [0.25, 0.3) is 21.9 Å². The van der Waals surface area contributed by atoms with Gasteiger partial charge in [0.2, 0.25) is 0 Å². The van der Waals surface area contributed by atoms with Crippen LogP contribution in [0.1, 0.15) is 28.9 Å². The standard InChI is InChI=1S/C27H25ClN2O/c1-18(25-6-4-5-22-17-24(29-2)15-16-26(22)25)30(3)27(31)21-9-7-19(8-10-21)20-11-13-23(28)14-12-20/h4-18,29H,1-3H3. The van der Waals surface area contributed by atoms with Crippen molar-refractivity contribution in [3.05, 3.63) is 101 Å². The molecule has 0 heterocycles.